The van der Waals surface area contributed by atoms with Crippen molar-refractivity contribution in [3.05, 3.63) is 34.8 Å². The molecule has 0 radical (unpaired) electrons. The summed E-state index contributed by atoms with van der Waals surface area (Å²) < 4.78 is 11.2. The van der Waals surface area contributed by atoms with Gasteiger partial charge in [0.15, 0.2) is 0 Å². The number of ether oxygens (including phenoxy) is 2. The van der Waals surface area contributed by atoms with Crippen LogP contribution in [0.1, 0.15) is 23.4 Å². The number of carbonyl (C=O) groups excluding carboxylic acids is 1. The predicted octanol–water partition coefficient (Wildman–Crippen LogP) is 2.73. The summed E-state index contributed by atoms with van der Waals surface area (Å²) in [6.07, 6.45) is 2.38. The van der Waals surface area contributed by atoms with Crippen LogP contribution in [0.25, 0.3) is 0 Å². The quantitative estimate of drug-likeness (QED) is 0.838. The predicted molar refractivity (Wildman–Crippen MR) is 91.4 cm³/mol. The molecular weight excluding hydrogens is 328 g/mol. The molecule has 0 bridgehead atoms. The Balaban J connectivity index is 1.41. The number of nitrogens with zero attached hydrogens (tertiary/aromatic N) is 2. The van der Waals surface area contributed by atoms with Crippen LogP contribution in [0.4, 0.5) is 9.93 Å². The van der Waals surface area contributed by atoms with Gasteiger partial charge in [-0.1, -0.05) is 23.5 Å². The summed E-state index contributed by atoms with van der Waals surface area (Å²) in [5.41, 5.74) is 0.989. The molecule has 1 atom stereocenters. The van der Waals surface area contributed by atoms with Crippen molar-refractivity contribution in [1.82, 2.24) is 15.5 Å². The Morgan fingerprint density at radius 1 is 1.38 bits per heavy atom. The second kappa shape index (κ2) is 8.07. The Kier molecular flexibility index (Phi) is 5.60. The zero-order chi connectivity index (χ0) is 16.8. The average Bonchev–Trinajstić information content (AvgIpc) is 3.24. The highest BCUT2D eigenvalue weighted by Gasteiger charge is 2.15. The number of nitrogens with one attached hydrogen (secondary N) is 2. The zero-order valence-electron chi connectivity index (χ0n) is 13.4. The molecule has 0 saturated carbocycles. The summed E-state index contributed by atoms with van der Waals surface area (Å²) in [5.74, 6) is 0.808. The SMILES string of the molecule is Cc1nnc(NC(=O)NCc2ccc(OCC3CCCO3)cc2)s1. The second-order valence-electron chi connectivity index (χ2n) is 5.52. The third kappa shape index (κ3) is 4.90. The van der Waals surface area contributed by atoms with E-state index in [4.69, 9.17) is 9.47 Å². The molecule has 1 aromatic carbocycles. The molecule has 128 valence electrons. The third-order valence-corrected chi connectivity index (χ3v) is 4.34. The molecule has 0 spiro atoms. The van der Waals surface area contributed by atoms with E-state index >= 15 is 0 Å². The van der Waals surface area contributed by atoms with Gasteiger partial charge in [0.2, 0.25) is 5.13 Å². The molecule has 1 unspecified atom stereocenters. The maximum Gasteiger partial charge on any atom is 0.321 e. The number of aryl methyl sites for hydroxylation is 1. The molecular formula is C16H20N4O3S. The van der Waals surface area contributed by atoms with Crippen LogP contribution >= 0.6 is 11.3 Å². The smallest absolute Gasteiger partial charge is 0.321 e. The lowest BCUT2D eigenvalue weighted by Crippen LogP contribution is -2.28. The third-order valence-electron chi connectivity index (χ3n) is 3.58. The first kappa shape index (κ1) is 16.7. The summed E-state index contributed by atoms with van der Waals surface area (Å²) in [4.78, 5) is 11.8. The van der Waals surface area contributed by atoms with Crippen LogP contribution < -0.4 is 15.4 Å². The van der Waals surface area contributed by atoms with E-state index in [1.54, 1.807) is 0 Å². The van der Waals surface area contributed by atoms with Gasteiger partial charge in [-0.15, -0.1) is 10.2 Å². The molecule has 24 heavy (non-hydrogen) atoms. The van der Waals surface area contributed by atoms with Crippen LogP contribution in [0.2, 0.25) is 0 Å². The van der Waals surface area contributed by atoms with E-state index in [0.717, 1.165) is 35.8 Å². The Bertz CT molecular complexity index is 668. The highest BCUT2D eigenvalue weighted by atomic mass is 32.1. The second-order valence-corrected chi connectivity index (χ2v) is 6.71. The van der Waals surface area contributed by atoms with Gasteiger partial charge in [-0.25, -0.2) is 4.79 Å². The first-order chi connectivity index (χ1) is 11.7. The molecule has 8 heteroatoms. The molecule has 1 aliphatic heterocycles. The topological polar surface area (TPSA) is 85.4 Å². The molecule has 2 heterocycles. The summed E-state index contributed by atoms with van der Waals surface area (Å²) in [5, 5.41) is 14.4. The van der Waals surface area contributed by atoms with Crippen LogP contribution in [0.3, 0.4) is 0 Å². The number of urea groups is 1. The fourth-order valence-electron chi connectivity index (χ4n) is 2.34. The minimum Gasteiger partial charge on any atom is -0.491 e. The largest absolute Gasteiger partial charge is 0.491 e. The van der Waals surface area contributed by atoms with Crippen molar-refractivity contribution in [3.63, 3.8) is 0 Å². The lowest BCUT2D eigenvalue weighted by Gasteiger charge is -2.12. The molecule has 0 aliphatic carbocycles. The Morgan fingerprint density at radius 3 is 2.88 bits per heavy atom. The summed E-state index contributed by atoms with van der Waals surface area (Å²) in [6, 6.07) is 7.36. The minimum absolute atomic E-state index is 0.207. The normalized spacial score (nSPS) is 16.8. The number of rotatable bonds is 6. The number of anilines is 1. The number of benzene rings is 1. The van der Waals surface area contributed by atoms with E-state index in [0.29, 0.717) is 18.3 Å². The summed E-state index contributed by atoms with van der Waals surface area (Å²) >= 11 is 1.33. The molecule has 3 rings (SSSR count). The van der Waals surface area contributed by atoms with E-state index in [1.807, 2.05) is 31.2 Å². The highest BCUT2D eigenvalue weighted by Crippen LogP contribution is 2.17. The van der Waals surface area contributed by atoms with Gasteiger partial charge in [0.1, 0.15) is 17.4 Å². The van der Waals surface area contributed by atoms with Gasteiger partial charge < -0.3 is 14.8 Å². The van der Waals surface area contributed by atoms with Crippen LogP contribution in [0, 0.1) is 6.92 Å². The fraction of sp³-hybridized carbons (Fsp3) is 0.438. The molecule has 1 aliphatic rings. The van der Waals surface area contributed by atoms with Gasteiger partial charge in [-0.2, -0.15) is 0 Å². The van der Waals surface area contributed by atoms with Crippen LogP contribution in [-0.4, -0.2) is 35.5 Å². The van der Waals surface area contributed by atoms with E-state index < -0.39 is 0 Å². The van der Waals surface area contributed by atoms with Crippen LogP contribution in [-0.2, 0) is 11.3 Å². The highest BCUT2D eigenvalue weighted by molar-refractivity contribution is 7.15. The van der Waals surface area contributed by atoms with Gasteiger partial charge in [0, 0.05) is 13.2 Å². The first-order valence-electron chi connectivity index (χ1n) is 7.87. The number of hydrogen-bond donors (Lipinski definition) is 2. The standard InChI is InChI=1S/C16H20N4O3S/c1-11-19-20-16(24-11)18-15(21)17-9-12-4-6-13(7-5-12)23-10-14-3-2-8-22-14/h4-7,14H,2-3,8-10H2,1H3,(H2,17,18,20,21). The van der Waals surface area contributed by atoms with Crippen molar-refractivity contribution >= 4 is 22.5 Å². The summed E-state index contributed by atoms with van der Waals surface area (Å²) in [7, 11) is 0. The van der Waals surface area contributed by atoms with Gasteiger partial charge in [-0.3, -0.25) is 5.32 Å². The molecule has 2 N–H and O–H groups in total. The Morgan fingerprint density at radius 2 is 2.21 bits per heavy atom. The van der Waals surface area contributed by atoms with Crippen molar-refractivity contribution in [2.45, 2.75) is 32.4 Å². The monoisotopic (exact) mass is 348 g/mol. The first-order valence-corrected chi connectivity index (χ1v) is 8.69. The van der Waals surface area contributed by atoms with Gasteiger partial charge in [0.25, 0.3) is 0 Å². The van der Waals surface area contributed by atoms with Crippen LogP contribution in [0.15, 0.2) is 24.3 Å². The maximum atomic E-state index is 11.8. The van der Waals surface area contributed by atoms with E-state index in [1.165, 1.54) is 11.3 Å². The van der Waals surface area contributed by atoms with E-state index in [-0.39, 0.29) is 12.1 Å². The lowest BCUT2D eigenvalue weighted by molar-refractivity contribution is 0.0679. The van der Waals surface area contributed by atoms with Crippen molar-refractivity contribution in [2.24, 2.45) is 0 Å². The van der Waals surface area contributed by atoms with Gasteiger partial charge >= 0.3 is 6.03 Å². The fourth-order valence-corrected chi connectivity index (χ4v) is 2.93. The molecule has 2 amide bonds. The number of aromatic nitrogens is 2. The number of carbonyl (C=O) groups is 1. The van der Waals surface area contributed by atoms with E-state index in [2.05, 4.69) is 20.8 Å². The van der Waals surface area contributed by atoms with E-state index in [9.17, 15) is 4.79 Å². The van der Waals surface area contributed by atoms with Gasteiger partial charge in [-0.05, 0) is 37.5 Å². The summed E-state index contributed by atoms with van der Waals surface area (Å²) in [6.45, 7) is 3.68. The molecule has 1 fully saturated rings. The average molecular weight is 348 g/mol. The Hall–Kier alpha value is -2.19. The molecule has 7 nitrogen and oxygen atoms in total. The van der Waals surface area contributed by atoms with Crippen molar-refractivity contribution < 1.29 is 14.3 Å². The minimum atomic E-state index is -0.301. The lowest BCUT2D eigenvalue weighted by atomic mass is 10.2. The van der Waals surface area contributed by atoms with Crippen molar-refractivity contribution in [3.8, 4) is 5.75 Å². The van der Waals surface area contributed by atoms with Crippen molar-refractivity contribution in [2.75, 3.05) is 18.5 Å². The zero-order valence-corrected chi connectivity index (χ0v) is 14.3. The number of amides is 2. The van der Waals surface area contributed by atoms with Crippen LogP contribution in [0.5, 0.6) is 5.75 Å². The molecule has 2 aromatic rings. The number of hydrogen-bond acceptors (Lipinski definition) is 6. The van der Waals surface area contributed by atoms with Gasteiger partial charge in [0.05, 0.1) is 6.10 Å². The molecule has 1 saturated heterocycles. The molecule has 1 aromatic heterocycles. The van der Waals surface area contributed by atoms with Crippen molar-refractivity contribution in [1.29, 1.82) is 0 Å². The maximum absolute atomic E-state index is 11.8. The Labute approximate surface area is 144 Å².